The molecule has 3 aromatic rings. The van der Waals surface area contributed by atoms with E-state index in [0.29, 0.717) is 21.6 Å². The lowest BCUT2D eigenvalue weighted by Crippen LogP contribution is -1.73. The summed E-state index contributed by atoms with van der Waals surface area (Å²) in [7, 11) is 0. The van der Waals surface area contributed by atoms with Gasteiger partial charge >= 0.3 is 0 Å². The molecule has 0 atom stereocenters. The summed E-state index contributed by atoms with van der Waals surface area (Å²) < 4.78 is 13.3. The van der Waals surface area contributed by atoms with E-state index in [0.717, 1.165) is 5.56 Å². The zero-order valence-electron chi connectivity index (χ0n) is 11.1. The van der Waals surface area contributed by atoms with Crippen molar-refractivity contribution in [2.75, 3.05) is 0 Å². The predicted molar refractivity (Wildman–Crippen MR) is 80.3 cm³/mol. The molecule has 0 saturated carbocycles. The van der Waals surface area contributed by atoms with E-state index in [-0.39, 0.29) is 11.6 Å². The van der Waals surface area contributed by atoms with Gasteiger partial charge in [0.2, 0.25) is 5.88 Å². The molecule has 0 radical (unpaired) electrons. The second kappa shape index (κ2) is 5.18. The van der Waals surface area contributed by atoms with Gasteiger partial charge in [-0.15, -0.1) is 5.11 Å². The molecule has 3 rings (SSSR count). The highest BCUT2D eigenvalue weighted by atomic mass is 35.5. The molecule has 0 aliphatic rings. The molecule has 2 aromatic carbocycles. The number of aromatic nitrogens is 1. The van der Waals surface area contributed by atoms with Crippen molar-refractivity contribution in [1.29, 1.82) is 0 Å². The Morgan fingerprint density at radius 1 is 1.14 bits per heavy atom. The van der Waals surface area contributed by atoms with E-state index in [1.54, 1.807) is 12.1 Å². The monoisotopic (exact) mass is 303 g/mol. The molecule has 1 heterocycles. The Kier molecular flexibility index (Phi) is 3.35. The van der Waals surface area contributed by atoms with Crippen LogP contribution in [0.2, 0.25) is 5.02 Å². The standard InChI is InChI=1S/C15H11ClFN3O/c1-8-2-4-10(7-12(8)16)19-20-14-11-6-9(17)3-5-13(11)18-15(14)21/h2-7,18,21H,1H3. The number of nitrogens with zero attached hydrogens (tertiary/aromatic N) is 2. The zero-order chi connectivity index (χ0) is 15.0. The molecule has 0 aliphatic carbocycles. The third kappa shape index (κ3) is 2.60. The maximum absolute atomic E-state index is 13.3. The SMILES string of the molecule is Cc1ccc(N=Nc2c(O)[nH]c3ccc(F)cc23)cc1Cl. The first kappa shape index (κ1) is 13.6. The third-order valence-corrected chi connectivity index (χ3v) is 3.54. The second-order valence-electron chi connectivity index (χ2n) is 4.65. The van der Waals surface area contributed by atoms with E-state index in [9.17, 15) is 9.50 Å². The Morgan fingerprint density at radius 2 is 1.95 bits per heavy atom. The van der Waals surface area contributed by atoms with Crippen molar-refractivity contribution in [1.82, 2.24) is 4.98 Å². The number of hydrogen-bond acceptors (Lipinski definition) is 3. The minimum absolute atomic E-state index is 0.155. The van der Waals surface area contributed by atoms with Crippen LogP contribution in [-0.4, -0.2) is 10.1 Å². The molecule has 0 bridgehead atoms. The van der Waals surface area contributed by atoms with Gasteiger partial charge in [0.1, 0.15) is 5.82 Å². The average molecular weight is 304 g/mol. The molecule has 2 N–H and O–H groups in total. The fourth-order valence-corrected chi connectivity index (χ4v) is 2.16. The van der Waals surface area contributed by atoms with Gasteiger partial charge < -0.3 is 10.1 Å². The van der Waals surface area contributed by atoms with Gasteiger partial charge in [-0.2, -0.15) is 5.11 Å². The van der Waals surface area contributed by atoms with Gasteiger partial charge in [-0.25, -0.2) is 4.39 Å². The topological polar surface area (TPSA) is 60.7 Å². The Labute approximate surface area is 124 Å². The fourth-order valence-electron chi connectivity index (χ4n) is 1.99. The van der Waals surface area contributed by atoms with Gasteiger partial charge in [-0.1, -0.05) is 17.7 Å². The van der Waals surface area contributed by atoms with Gasteiger partial charge in [-0.3, -0.25) is 0 Å². The third-order valence-electron chi connectivity index (χ3n) is 3.13. The highest BCUT2D eigenvalue weighted by molar-refractivity contribution is 6.31. The molecular formula is C15H11ClFN3O. The minimum Gasteiger partial charge on any atom is -0.493 e. The zero-order valence-corrected chi connectivity index (χ0v) is 11.8. The van der Waals surface area contributed by atoms with Crippen molar-refractivity contribution in [3.05, 3.63) is 52.8 Å². The lowest BCUT2D eigenvalue weighted by molar-refractivity contribution is 0.459. The van der Waals surface area contributed by atoms with Gasteiger partial charge in [0, 0.05) is 10.4 Å². The molecule has 21 heavy (non-hydrogen) atoms. The number of rotatable bonds is 2. The van der Waals surface area contributed by atoms with Crippen LogP contribution in [0.15, 0.2) is 46.6 Å². The maximum atomic E-state index is 13.3. The van der Waals surface area contributed by atoms with E-state index in [2.05, 4.69) is 15.2 Å². The van der Waals surface area contributed by atoms with Gasteiger partial charge in [0.15, 0.2) is 5.69 Å². The number of aromatic amines is 1. The molecular weight excluding hydrogens is 293 g/mol. The molecule has 0 amide bonds. The average Bonchev–Trinajstić information content (AvgIpc) is 2.75. The van der Waals surface area contributed by atoms with Crippen LogP contribution in [0.1, 0.15) is 5.56 Å². The Bertz CT molecular complexity index is 857. The predicted octanol–water partition coefficient (Wildman–Crippen LogP) is 5.39. The molecule has 6 heteroatoms. The van der Waals surface area contributed by atoms with Crippen molar-refractivity contribution < 1.29 is 9.50 Å². The normalized spacial score (nSPS) is 11.6. The highest BCUT2D eigenvalue weighted by Crippen LogP contribution is 2.36. The molecule has 4 nitrogen and oxygen atoms in total. The van der Waals surface area contributed by atoms with Crippen LogP contribution in [-0.2, 0) is 0 Å². The number of aryl methyl sites for hydroxylation is 1. The number of nitrogens with one attached hydrogen (secondary N) is 1. The summed E-state index contributed by atoms with van der Waals surface area (Å²) in [5, 5.41) is 18.9. The van der Waals surface area contributed by atoms with E-state index in [1.165, 1.54) is 18.2 Å². The van der Waals surface area contributed by atoms with Gasteiger partial charge in [0.25, 0.3) is 0 Å². The summed E-state index contributed by atoms with van der Waals surface area (Å²) in [6, 6.07) is 9.39. The minimum atomic E-state index is -0.406. The van der Waals surface area contributed by atoms with Crippen LogP contribution < -0.4 is 0 Å². The summed E-state index contributed by atoms with van der Waals surface area (Å²) in [6.45, 7) is 1.89. The Hall–Kier alpha value is -2.40. The summed E-state index contributed by atoms with van der Waals surface area (Å²) in [4.78, 5) is 2.72. The number of halogens is 2. The Balaban J connectivity index is 2.04. The van der Waals surface area contributed by atoms with Crippen molar-refractivity contribution in [3.63, 3.8) is 0 Å². The number of H-pyrrole nitrogens is 1. The van der Waals surface area contributed by atoms with Crippen molar-refractivity contribution in [3.8, 4) is 5.88 Å². The molecule has 0 spiro atoms. The summed E-state index contributed by atoms with van der Waals surface area (Å²) in [5.74, 6) is -0.561. The molecule has 106 valence electrons. The van der Waals surface area contributed by atoms with Gasteiger partial charge in [0.05, 0.1) is 11.2 Å². The molecule has 0 saturated heterocycles. The van der Waals surface area contributed by atoms with E-state index < -0.39 is 5.82 Å². The summed E-state index contributed by atoms with van der Waals surface area (Å²) in [6.07, 6.45) is 0. The van der Waals surface area contributed by atoms with Crippen LogP contribution >= 0.6 is 11.6 Å². The van der Waals surface area contributed by atoms with Crippen LogP contribution in [0.25, 0.3) is 10.9 Å². The van der Waals surface area contributed by atoms with E-state index in [1.807, 2.05) is 13.0 Å². The summed E-state index contributed by atoms with van der Waals surface area (Å²) in [5.41, 5.74) is 2.27. The number of fused-ring (bicyclic) bond motifs is 1. The lowest BCUT2D eigenvalue weighted by atomic mass is 10.2. The van der Waals surface area contributed by atoms with Crippen LogP contribution in [0.3, 0.4) is 0 Å². The number of benzene rings is 2. The fraction of sp³-hybridized carbons (Fsp3) is 0.0667. The van der Waals surface area contributed by atoms with Crippen molar-refractivity contribution in [2.45, 2.75) is 6.92 Å². The van der Waals surface area contributed by atoms with Crippen LogP contribution in [0.4, 0.5) is 15.8 Å². The van der Waals surface area contributed by atoms with Crippen LogP contribution in [0, 0.1) is 12.7 Å². The smallest absolute Gasteiger partial charge is 0.218 e. The Morgan fingerprint density at radius 3 is 2.71 bits per heavy atom. The van der Waals surface area contributed by atoms with Crippen LogP contribution in [0.5, 0.6) is 5.88 Å². The second-order valence-corrected chi connectivity index (χ2v) is 5.05. The van der Waals surface area contributed by atoms with Gasteiger partial charge in [-0.05, 0) is 42.8 Å². The van der Waals surface area contributed by atoms with E-state index >= 15 is 0 Å². The first-order valence-electron chi connectivity index (χ1n) is 6.22. The number of aromatic hydroxyl groups is 1. The largest absolute Gasteiger partial charge is 0.493 e. The first-order chi connectivity index (χ1) is 10.0. The highest BCUT2D eigenvalue weighted by Gasteiger charge is 2.11. The quantitative estimate of drug-likeness (QED) is 0.613. The number of azo groups is 1. The first-order valence-corrected chi connectivity index (χ1v) is 6.60. The lowest BCUT2D eigenvalue weighted by Gasteiger charge is -1.98. The maximum Gasteiger partial charge on any atom is 0.218 e. The molecule has 0 aliphatic heterocycles. The van der Waals surface area contributed by atoms with Crippen molar-refractivity contribution >= 4 is 33.9 Å². The van der Waals surface area contributed by atoms with E-state index in [4.69, 9.17) is 11.6 Å². The summed E-state index contributed by atoms with van der Waals surface area (Å²) >= 11 is 6.01. The van der Waals surface area contributed by atoms with Crippen molar-refractivity contribution in [2.24, 2.45) is 10.2 Å². The molecule has 0 fully saturated rings. The number of hydrogen-bond donors (Lipinski definition) is 2. The molecule has 1 aromatic heterocycles. The molecule has 0 unspecified atom stereocenters.